The highest BCUT2D eigenvalue weighted by molar-refractivity contribution is 6.36. The predicted octanol–water partition coefficient (Wildman–Crippen LogP) is 4.37. The highest BCUT2D eigenvalue weighted by Gasteiger charge is 2.31. The fourth-order valence-electron chi connectivity index (χ4n) is 4.45. The van der Waals surface area contributed by atoms with Crippen LogP contribution in [0.25, 0.3) is 10.8 Å². The van der Waals surface area contributed by atoms with Crippen molar-refractivity contribution in [3.8, 4) is 0 Å². The van der Waals surface area contributed by atoms with Gasteiger partial charge < -0.3 is 21.3 Å². The van der Waals surface area contributed by atoms with Crippen LogP contribution in [0.5, 0.6) is 0 Å². The highest BCUT2D eigenvalue weighted by Crippen LogP contribution is 2.27. The van der Waals surface area contributed by atoms with Crippen LogP contribution in [0, 0.1) is 0 Å². The number of nitrogens with one attached hydrogen (secondary N) is 2. The third kappa shape index (κ3) is 6.33. The second kappa shape index (κ2) is 11.9. The first-order chi connectivity index (χ1) is 17.0. The van der Waals surface area contributed by atoms with Crippen LogP contribution in [0.3, 0.4) is 0 Å². The summed E-state index contributed by atoms with van der Waals surface area (Å²) in [7, 11) is 0. The largest absolute Gasteiger partial charge is 0.350 e. The van der Waals surface area contributed by atoms with Gasteiger partial charge in [-0.05, 0) is 60.8 Å². The number of fused-ring (bicyclic) bond motifs is 1. The number of nitrogens with two attached hydrogens (primary N) is 1. The summed E-state index contributed by atoms with van der Waals surface area (Å²) in [5, 5.41) is 9.69. The molecule has 3 aromatic carbocycles. The summed E-state index contributed by atoms with van der Waals surface area (Å²) >= 11 is 12.7. The molecule has 1 aliphatic heterocycles. The Kier molecular flexibility index (Phi) is 8.63. The third-order valence-electron chi connectivity index (χ3n) is 6.42. The van der Waals surface area contributed by atoms with E-state index in [4.69, 9.17) is 28.9 Å². The van der Waals surface area contributed by atoms with E-state index >= 15 is 0 Å². The quantitative estimate of drug-likeness (QED) is 0.418. The van der Waals surface area contributed by atoms with Crippen LogP contribution < -0.4 is 16.4 Å². The summed E-state index contributed by atoms with van der Waals surface area (Å²) in [5.41, 5.74) is 7.08. The van der Waals surface area contributed by atoms with Crippen molar-refractivity contribution in [3.63, 3.8) is 0 Å². The summed E-state index contributed by atoms with van der Waals surface area (Å²) < 4.78 is 0. The van der Waals surface area contributed by atoms with Gasteiger partial charge >= 0.3 is 0 Å². The van der Waals surface area contributed by atoms with Crippen LogP contribution >= 0.6 is 23.2 Å². The van der Waals surface area contributed by atoms with Crippen molar-refractivity contribution in [1.29, 1.82) is 0 Å². The minimum Gasteiger partial charge on any atom is -0.350 e. The zero-order valence-corrected chi connectivity index (χ0v) is 21.0. The molecular formula is C27H30Cl2N4O2. The molecule has 3 aromatic rings. The number of amides is 2. The predicted molar refractivity (Wildman–Crippen MR) is 142 cm³/mol. The smallest absolute Gasteiger partial charge is 0.251 e. The van der Waals surface area contributed by atoms with Gasteiger partial charge in [-0.1, -0.05) is 59.6 Å². The van der Waals surface area contributed by atoms with Gasteiger partial charge in [-0.25, -0.2) is 0 Å². The molecule has 8 heteroatoms. The van der Waals surface area contributed by atoms with E-state index in [2.05, 4.69) is 10.6 Å². The average Bonchev–Trinajstić information content (AvgIpc) is 3.01. The zero-order valence-electron chi connectivity index (χ0n) is 19.5. The van der Waals surface area contributed by atoms with Gasteiger partial charge in [0, 0.05) is 46.8 Å². The molecule has 1 fully saturated rings. The van der Waals surface area contributed by atoms with E-state index in [0.717, 1.165) is 22.8 Å². The fraction of sp³-hybridized carbons (Fsp3) is 0.333. The Labute approximate surface area is 215 Å². The molecule has 0 saturated carbocycles. The van der Waals surface area contributed by atoms with E-state index in [1.165, 1.54) is 0 Å². The monoisotopic (exact) mass is 512 g/mol. The maximum atomic E-state index is 13.4. The lowest BCUT2D eigenvalue weighted by Gasteiger charge is -2.25. The number of nitrogens with zero attached hydrogens (tertiary/aromatic N) is 1. The molecule has 184 valence electrons. The molecule has 1 aliphatic rings. The Balaban J connectivity index is 1.44. The van der Waals surface area contributed by atoms with Crippen LogP contribution in [-0.2, 0) is 11.3 Å². The van der Waals surface area contributed by atoms with Crippen LogP contribution in [0.4, 0.5) is 0 Å². The van der Waals surface area contributed by atoms with E-state index in [0.29, 0.717) is 54.6 Å². The topological polar surface area (TPSA) is 87.5 Å². The second-order valence-corrected chi connectivity index (χ2v) is 9.68. The maximum Gasteiger partial charge on any atom is 0.251 e. The van der Waals surface area contributed by atoms with Crippen molar-refractivity contribution in [3.05, 3.63) is 81.8 Å². The standard InChI is InChI=1S/C27H30Cl2N4O2/c28-23-7-3-8-24(29)22(23)17-33-14-12-21(32-25(27(33)35)9-4-13-30)16-31-26(34)20-11-10-18-5-1-2-6-19(18)15-20/h1-3,5-8,10-11,15,21,25,32H,4,9,12-14,16-17,30H2,(H,31,34)/t21?,25-/m0/s1. The average molecular weight is 513 g/mol. The van der Waals surface area contributed by atoms with Crippen LogP contribution in [0.15, 0.2) is 60.7 Å². The summed E-state index contributed by atoms with van der Waals surface area (Å²) in [6.07, 6.45) is 2.03. The van der Waals surface area contributed by atoms with Gasteiger partial charge in [-0.2, -0.15) is 0 Å². The van der Waals surface area contributed by atoms with Crippen LogP contribution in [0.1, 0.15) is 35.2 Å². The van der Waals surface area contributed by atoms with Crippen molar-refractivity contribution < 1.29 is 9.59 Å². The lowest BCUT2D eigenvalue weighted by molar-refractivity contribution is -0.133. The number of rotatable bonds is 8. The minimum atomic E-state index is -0.384. The fourth-order valence-corrected chi connectivity index (χ4v) is 4.97. The molecule has 2 amide bonds. The lowest BCUT2D eigenvalue weighted by atomic mass is 10.1. The first-order valence-electron chi connectivity index (χ1n) is 11.9. The molecule has 0 radical (unpaired) electrons. The number of halogens is 2. The second-order valence-electron chi connectivity index (χ2n) is 8.87. The Morgan fingerprint density at radius 3 is 2.54 bits per heavy atom. The molecule has 2 atom stereocenters. The Hall–Kier alpha value is -2.64. The molecule has 0 aliphatic carbocycles. The molecule has 1 saturated heterocycles. The molecule has 0 bridgehead atoms. The zero-order chi connectivity index (χ0) is 24.8. The summed E-state index contributed by atoms with van der Waals surface area (Å²) in [5.74, 6) is -0.135. The summed E-state index contributed by atoms with van der Waals surface area (Å²) in [6.45, 7) is 1.79. The minimum absolute atomic E-state index is 0.00204. The van der Waals surface area contributed by atoms with Crippen molar-refractivity contribution in [2.24, 2.45) is 5.73 Å². The van der Waals surface area contributed by atoms with Gasteiger partial charge in [0.05, 0.1) is 6.04 Å². The normalized spacial score (nSPS) is 18.5. The van der Waals surface area contributed by atoms with Gasteiger partial charge in [-0.3, -0.25) is 9.59 Å². The SMILES string of the molecule is NCCC[C@@H]1NC(CNC(=O)c2ccc3ccccc3c2)CCN(Cc2c(Cl)cccc2Cl)C1=O. The maximum absolute atomic E-state index is 13.4. The highest BCUT2D eigenvalue weighted by atomic mass is 35.5. The first-order valence-corrected chi connectivity index (χ1v) is 12.7. The van der Waals surface area contributed by atoms with Gasteiger partial charge in [0.25, 0.3) is 5.91 Å². The van der Waals surface area contributed by atoms with Gasteiger partial charge in [0.15, 0.2) is 0 Å². The molecular weight excluding hydrogens is 483 g/mol. The van der Waals surface area contributed by atoms with Gasteiger partial charge in [-0.15, -0.1) is 0 Å². The van der Waals surface area contributed by atoms with Crippen molar-refractivity contribution in [2.75, 3.05) is 19.6 Å². The van der Waals surface area contributed by atoms with Crippen molar-refractivity contribution in [1.82, 2.24) is 15.5 Å². The van der Waals surface area contributed by atoms with E-state index in [1.807, 2.05) is 42.5 Å². The van der Waals surface area contributed by atoms with Crippen molar-refractivity contribution >= 4 is 45.8 Å². The lowest BCUT2D eigenvalue weighted by Crippen LogP contribution is -2.48. The molecule has 1 heterocycles. The van der Waals surface area contributed by atoms with Gasteiger partial charge in [0.1, 0.15) is 0 Å². The number of hydrogen-bond acceptors (Lipinski definition) is 4. The van der Waals surface area contributed by atoms with Crippen molar-refractivity contribution in [2.45, 2.75) is 37.9 Å². The molecule has 0 aromatic heterocycles. The van der Waals surface area contributed by atoms with E-state index in [1.54, 1.807) is 23.1 Å². The Morgan fingerprint density at radius 1 is 1.06 bits per heavy atom. The molecule has 35 heavy (non-hydrogen) atoms. The van der Waals surface area contributed by atoms with Crippen LogP contribution in [0.2, 0.25) is 10.0 Å². The Bertz CT molecular complexity index is 1180. The number of carbonyl (C=O) groups excluding carboxylic acids is 2. The molecule has 0 spiro atoms. The van der Waals surface area contributed by atoms with Gasteiger partial charge in [0.2, 0.25) is 5.91 Å². The van der Waals surface area contributed by atoms with Crippen LogP contribution in [-0.4, -0.2) is 48.4 Å². The molecule has 4 N–H and O–H groups in total. The van der Waals surface area contributed by atoms with E-state index in [-0.39, 0.29) is 23.9 Å². The third-order valence-corrected chi connectivity index (χ3v) is 7.13. The molecule has 1 unspecified atom stereocenters. The van der Waals surface area contributed by atoms with E-state index in [9.17, 15) is 9.59 Å². The van der Waals surface area contributed by atoms with E-state index < -0.39 is 0 Å². The number of hydrogen-bond donors (Lipinski definition) is 3. The number of carbonyl (C=O) groups is 2. The first kappa shape index (κ1) is 25.5. The summed E-state index contributed by atoms with van der Waals surface area (Å²) in [6, 6.07) is 18.5. The number of benzene rings is 3. The molecule has 4 rings (SSSR count). The molecule has 6 nitrogen and oxygen atoms in total. The Morgan fingerprint density at radius 2 is 1.80 bits per heavy atom. The summed E-state index contributed by atoms with van der Waals surface area (Å²) in [4.78, 5) is 28.0.